The van der Waals surface area contributed by atoms with Gasteiger partial charge < -0.3 is 4.42 Å². The van der Waals surface area contributed by atoms with Crippen molar-refractivity contribution >= 4 is 11.8 Å². The fraction of sp³-hybridized carbons (Fsp3) is 0.455. The summed E-state index contributed by atoms with van der Waals surface area (Å²) in [5.74, 6) is 0.528. The van der Waals surface area contributed by atoms with E-state index in [0.717, 1.165) is 6.42 Å². The van der Waals surface area contributed by atoms with E-state index in [0.29, 0.717) is 17.2 Å². The predicted molar refractivity (Wildman–Crippen MR) is 56.3 cm³/mol. The second kappa shape index (κ2) is 4.00. The van der Waals surface area contributed by atoms with Crippen LogP contribution in [0.25, 0.3) is 0 Å². The Labute approximate surface area is 93.2 Å². The molecule has 5 heteroatoms. The van der Waals surface area contributed by atoms with E-state index in [-0.39, 0.29) is 17.7 Å². The largest absolute Gasteiger partial charge is 0.469 e. The van der Waals surface area contributed by atoms with Gasteiger partial charge in [0.1, 0.15) is 5.76 Å². The van der Waals surface area contributed by atoms with E-state index in [9.17, 15) is 9.59 Å². The molecular weight excluding hydrogens is 208 g/mol. The Morgan fingerprint density at radius 1 is 1.44 bits per heavy atom. The lowest BCUT2D eigenvalue weighted by atomic mass is 10.2. The number of nitrogens with one attached hydrogen (secondary N) is 2. The van der Waals surface area contributed by atoms with Crippen LogP contribution in [0.3, 0.4) is 0 Å². The Bertz CT molecular complexity index is 425. The number of rotatable bonds is 2. The van der Waals surface area contributed by atoms with Gasteiger partial charge in [-0.05, 0) is 25.3 Å². The summed E-state index contributed by atoms with van der Waals surface area (Å²) in [6.07, 6.45) is 2.33. The Morgan fingerprint density at radius 2 is 2.12 bits per heavy atom. The van der Waals surface area contributed by atoms with Crippen LogP contribution in [0.2, 0.25) is 0 Å². The summed E-state index contributed by atoms with van der Waals surface area (Å²) in [5, 5.41) is 0. The zero-order chi connectivity index (χ0) is 11.7. The molecule has 2 N–H and O–H groups in total. The molecule has 1 aromatic heterocycles. The molecule has 2 rings (SSSR count). The quantitative estimate of drug-likeness (QED) is 0.733. The molecule has 5 nitrogen and oxygen atoms in total. The van der Waals surface area contributed by atoms with Crippen molar-refractivity contribution in [1.82, 2.24) is 10.9 Å². The maximum Gasteiger partial charge on any atom is 0.273 e. The number of carbonyl (C=O) groups is 2. The summed E-state index contributed by atoms with van der Waals surface area (Å²) in [6.45, 7) is 3.70. The molecule has 1 aromatic rings. The number of carbonyl (C=O) groups excluding carboxylic acids is 2. The molecule has 0 radical (unpaired) electrons. The van der Waals surface area contributed by atoms with Crippen molar-refractivity contribution in [3.8, 4) is 0 Å². The summed E-state index contributed by atoms with van der Waals surface area (Å²) in [6, 6.07) is 1.57. The molecule has 0 aromatic carbocycles. The van der Waals surface area contributed by atoms with Crippen LogP contribution < -0.4 is 10.9 Å². The van der Waals surface area contributed by atoms with E-state index in [4.69, 9.17) is 4.42 Å². The van der Waals surface area contributed by atoms with Gasteiger partial charge in [-0.1, -0.05) is 6.92 Å². The van der Waals surface area contributed by atoms with Crippen molar-refractivity contribution in [2.45, 2.75) is 20.3 Å². The predicted octanol–water partition coefficient (Wildman–Crippen LogP) is 1.01. The molecule has 86 valence electrons. The van der Waals surface area contributed by atoms with E-state index in [1.165, 1.54) is 6.26 Å². The van der Waals surface area contributed by atoms with E-state index in [1.54, 1.807) is 13.0 Å². The lowest BCUT2D eigenvalue weighted by molar-refractivity contribution is -0.123. The van der Waals surface area contributed by atoms with Crippen LogP contribution in [0.4, 0.5) is 0 Å². The highest BCUT2D eigenvalue weighted by atomic mass is 16.3. The van der Waals surface area contributed by atoms with E-state index in [1.807, 2.05) is 6.92 Å². The van der Waals surface area contributed by atoms with Gasteiger partial charge in [-0.15, -0.1) is 0 Å². The van der Waals surface area contributed by atoms with Crippen LogP contribution in [-0.2, 0) is 4.79 Å². The zero-order valence-electron chi connectivity index (χ0n) is 9.24. The van der Waals surface area contributed by atoms with E-state index in [2.05, 4.69) is 10.9 Å². The molecule has 0 saturated heterocycles. The van der Waals surface area contributed by atoms with E-state index >= 15 is 0 Å². The van der Waals surface area contributed by atoms with Crippen molar-refractivity contribution in [3.05, 3.63) is 23.7 Å². The Kier molecular flexibility index (Phi) is 2.68. The van der Waals surface area contributed by atoms with Gasteiger partial charge >= 0.3 is 0 Å². The molecule has 1 aliphatic carbocycles. The zero-order valence-corrected chi connectivity index (χ0v) is 9.24. The van der Waals surface area contributed by atoms with Gasteiger partial charge in [0.2, 0.25) is 5.91 Å². The van der Waals surface area contributed by atoms with Gasteiger partial charge in [0.05, 0.1) is 11.8 Å². The first-order valence-electron chi connectivity index (χ1n) is 5.24. The smallest absolute Gasteiger partial charge is 0.273 e. The summed E-state index contributed by atoms with van der Waals surface area (Å²) in [7, 11) is 0. The molecule has 1 heterocycles. The molecular formula is C11H14N2O3. The first-order valence-corrected chi connectivity index (χ1v) is 5.24. The van der Waals surface area contributed by atoms with Crippen molar-refractivity contribution in [3.63, 3.8) is 0 Å². The maximum absolute atomic E-state index is 11.6. The standard InChI is InChI=1S/C11H14N2O3/c1-6-5-9(6)11(15)13-12-10(14)8-3-4-16-7(8)2/h3-4,6,9H,5H2,1-2H3,(H,12,14)(H,13,15). The number of hydrazine groups is 1. The molecule has 2 atom stereocenters. The molecule has 0 bridgehead atoms. The molecule has 16 heavy (non-hydrogen) atoms. The summed E-state index contributed by atoms with van der Waals surface area (Å²) >= 11 is 0. The number of hydrogen-bond donors (Lipinski definition) is 2. The Balaban J connectivity index is 1.84. The lowest BCUT2D eigenvalue weighted by Crippen LogP contribution is -2.42. The summed E-state index contributed by atoms with van der Waals surface area (Å²) < 4.78 is 5.00. The summed E-state index contributed by atoms with van der Waals surface area (Å²) in [5.41, 5.74) is 5.21. The van der Waals surface area contributed by atoms with Gasteiger partial charge in [0, 0.05) is 5.92 Å². The SMILES string of the molecule is Cc1occc1C(=O)NNC(=O)C1CC1C. The maximum atomic E-state index is 11.6. The third-order valence-corrected chi connectivity index (χ3v) is 2.85. The number of hydrogen-bond acceptors (Lipinski definition) is 3. The van der Waals surface area contributed by atoms with Gasteiger partial charge in [0.25, 0.3) is 5.91 Å². The molecule has 0 aliphatic heterocycles. The molecule has 1 aliphatic rings. The van der Waals surface area contributed by atoms with Crippen molar-refractivity contribution in [2.24, 2.45) is 11.8 Å². The van der Waals surface area contributed by atoms with Gasteiger partial charge in [-0.2, -0.15) is 0 Å². The first kappa shape index (κ1) is 10.7. The van der Waals surface area contributed by atoms with Crippen LogP contribution >= 0.6 is 0 Å². The monoisotopic (exact) mass is 222 g/mol. The second-order valence-corrected chi connectivity index (χ2v) is 4.15. The fourth-order valence-corrected chi connectivity index (χ4v) is 1.59. The van der Waals surface area contributed by atoms with Gasteiger partial charge in [0.15, 0.2) is 0 Å². The first-order chi connectivity index (χ1) is 7.59. The van der Waals surface area contributed by atoms with Crippen LogP contribution in [0, 0.1) is 18.8 Å². The molecule has 0 spiro atoms. The third kappa shape index (κ3) is 2.08. The summed E-state index contributed by atoms with van der Waals surface area (Å²) in [4.78, 5) is 23.0. The average molecular weight is 222 g/mol. The third-order valence-electron chi connectivity index (χ3n) is 2.85. The highest BCUT2D eigenvalue weighted by Gasteiger charge is 2.39. The van der Waals surface area contributed by atoms with Crippen LogP contribution in [0.1, 0.15) is 29.5 Å². The normalized spacial score (nSPS) is 22.6. The number of aryl methyl sites for hydroxylation is 1. The van der Waals surface area contributed by atoms with Crippen molar-refractivity contribution < 1.29 is 14.0 Å². The minimum atomic E-state index is -0.354. The van der Waals surface area contributed by atoms with Gasteiger partial charge in [-0.3, -0.25) is 20.4 Å². The molecule has 2 amide bonds. The minimum Gasteiger partial charge on any atom is -0.469 e. The highest BCUT2D eigenvalue weighted by molar-refractivity contribution is 5.96. The molecule has 1 saturated carbocycles. The fourth-order valence-electron chi connectivity index (χ4n) is 1.59. The second-order valence-electron chi connectivity index (χ2n) is 4.15. The molecule has 1 fully saturated rings. The van der Waals surface area contributed by atoms with Crippen molar-refractivity contribution in [1.29, 1.82) is 0 Å². The van der Waals surface area contributed by atoms with Crippen LogP contribution in [0.5, 0.6) is 0 Å². The number of amides is 2. The average Bonchev–Trinajstić information content (AvgIpc) is 2.82. The Morgan fingerprint density at radius 3 is 2.62 bits per heavy atom. The molecule has 2 unspecified atom stereocenters. The lowest BCUT2D eigenvalue weighted by Gasteiger charge is -2.05. The minimum absolute atomic E-state index is 0.0470. The topological polar surface area (TPSA) is 71.3 Å². The Hall–Kier alpha value is -1.78. The number of furan rings is 1. The van der Waals surface area contributed by atoms with Crippen LogP contribution in [0.15, 0.2) is 16.7 Å². The van der Waals surface area contributed by atoms with E-state index < -0.39 is 0 Å². The highest BCUT2D eigenvalue weighted by Crippen LogP contribution is 2.37. The van der Waals surface area contributed by atoms with Crippen LogP contribution in [-0.4, -0.2) is 11.8 Å². The van der Waals surface area contributed by atoms with Crippen molar-refractivity contribution in [2.75, 3.05) is 0 Å². The van der Waals surface area contributed by atoms with Gasteiger partial charge in [-0.25, -0.2) is 0 Å².